The second-order valence-corrected chi connectivity index (χ2v) is 7.92. The van der Waals surface area contributed by atoms with Crippen LogP contribution < -0.4 is 5.32 Å². The van der Waals surface area contributed by atoms with E-state index in [0.717, 1.165) is 11.3 Å². The van der Waals surface area contributed by atoms with Crippen LogP contribution in [-0.4, -0.2) is 27.7 Å². The van der Waals surface area contributed by atoms with E-state index >= 15 is 0 Å². The Labute approximate surface area is 138 Å². The molecule has 0 saturated carbocycles. The van der Waals surface area contributed by atoms with Gasteiger partial charge in [-0.15, -0.1) is 11.3 Å². The van der Waals surface area contributed by atoms with Gasteiger partial charge in [0.15, 0.2) is 9.84 Å². The van der Waals surface area contributed by atoms with E-state index < -0.39 is 27.0 Å². The summed E-state index contributed by atoms with van der Waals surface area (Å²) in [4.78, 5) is 11.5. The molecule has 0 radical (unpaired) electrons. The van der Waals surface area contributed by atoms with Gasteiger partial charge in [0.25, 0.3) is 0 Å². The van der Waals surface area contributed by atoms with Crippen LogP contribution >= 0.6 is 11.3 Å². The van der Waals surface area contributed by atoms with Crippen molar-refractivity contribution in [3.63, 3.8) is 0 Å². The molecule has 1 aromatic heterocycles. The van der Waals surface area contributed by atoms with E-state index in [1.165, 1.54) is 30.3 Å². The lowest BCUT2D eigenvalue weighted by Gasteiger charge is -2.18. The minimum absolute atomic E-state index is 0.162. The van der Waals surface area contributed by atoms with Crippen LogP contribution in [0.3, 0.4) is 0 Å². The maximum atomic E-state index is 13.1. The van der Waals surface area contributed by atoms with Gasteiger partial charge in [0.2, 0.25) is 0 Å². The second-order valence-electron chi connectivity index (χ2n) is 4.62. The third kappa shape index (κ3) is 4.29. The topological polar surface area (TPSA) is 72.5 Å². The molecule has 0 saturated heterocycles. The Balaban J connectivity index is 2.31. The summed E-state index contributed by atoms with van der Waals surface area (Å²) in [5.41, 5.74) is 0.400. The Hall–Kier alpha value is -1.93. The fourth-order valence-electron chi connectivity index (χ4n) is 2.01. The number of sulfone groups is 1. The van der Waals surface area contributed by atoms with E-state index in [2.05, 4.69) is 5.32 Å². The molecule has 1 aromatic carbocycles. The zero-order valence-corrected chi connectivity index (χ0v) is 14.0. The van der Waals surface area contributed by atoms with Gasteiger partial charge >= 0.3 is 6.09 Å². The van der Waals surface area contributed by atoms with Crippen molar-refractivity contribution in [1.29, 1.82) is 0 Å². The Morgan fingerprint density at radius 1 is 1.30 bits per heavy atom. The molecule has 1 N–H and O–H groups in total. The predicted molar refractivity (Wildman–Crippen MR) is 85.7 cm³/mol. The molecule has 0 spiro atoms. The minimum Gasteiger partial charge on any atom is -0.450 e. The molecule has 1 amide bonds. The van der Waals surface area contributed by atoms with Gasteiger partial charge in [0.05, 0.1) is 6.61 Å². The molecule has 124 valence electrons. The molecule has 0 aliphatic heterocycles. The summed E-state index contributed by atoms with van der Waals surface area (Å²) in [6.07, 6.45) is -0.694. The zero-order chi connectivity index (χ0) is 16.9. The third-order valence-corrected chi connectivity index (χ3v) is 6.63. The number of halogens is 1. The van der Waals surface area contributed by atoms with Crippen molar-refractivity contribution in [3.8, 4) is 0 Å². The van der Waals surface area contributed by atoms with Gasteiger partial charge in [-0.1, -0.05) is 18.2 Å². The zero-order valence-electron chi connectivity index (χ0n) is 12.4. The van der Waals surface area contributed by atoms with Crippen LogP contribution in [0.1, 0.15) is 17.7 Å². The number of benzene rings is 1. The monoisotopic (exact) mass is 357 g/mol. The molecular weight excluding hydrogens is 341 g/mol. The van der Waals surface area contributed by atoms with Crippen molar-refractivity contribution in [2.45, 2.75) is 16.4 Å². The lowest BCUT2D eigenvalue weighted by atomic mass is 10.1. The van der Waals surface area contributed by atoms with Gasteiger partial charge in [-0.3, -0.25) is 0 Å². The van der Waals surface area contributed by atoms with Crippen molar-refractivity contribution in [2.24, 2.45) is 0 Å². The number of rotatable bonds is 6. The van der Waals surface area contributed by atoms with Crippen LogP contribution in [0.4, 0.5) is 9.18 Å². The number of nitrogens with one attached hydrogen (secondary N) is 1. The number of ether oxygens (including phenoxy) is 1. The van der Waals surface area contributed by atoms with E-state index in [0.29, 0.717) is 5.56 Å². The lowest BCUT2D eigenvalue weighted by molar-refractivity contribution is 0.152. The second kappa shape index (κ2) is 7.56. The largest absolute Gasteiger partial charge is 0.450 e. The summed E-state index contributed by atoms with van der Waals surface area (Å²) < 4.78 is 43.6. The molecule has 8 heteroatoms. The molecule has 23 heavy (non-hydrogen) atoms. The van der Waals surface area contributed by atoms with E-state index in [1.807, 2.05) is 0 Å². The Bertz CT molecular complexity index is 742. The van der Waals surface area contributed by atoms with Gasteiger partial charge in [-0.25, -0.2) is 17.6 Å². The molecule has 0 bridgehead atoms. The molecule has 1 atom stereocenters. The summed E-state index contributed by atoms with van der Waals surface area (Å²) in [6.45, 7) is 1.68. The summed E-state index contributed by atoms with van der Waals surface area (Å²) in [7, 11) is -3.71. The number of hydrogen-bond acceptors (Lipinski definition) is 5. The van der Waals surface area contributed by atoms with Crippen molar-refractivity contribution >= 4 is 27.3 Å². The van der Waals surface area contributed by atoms with E-state index in [-0.39, 0.29) is 17.4 Å². The maximum absolute atomic E-state index is 13.1. The highest BCUT2D eigenvalue weighted by Gasteiger charge is 2.30. The minimum atomic E-state index is -3.71. The van der Waals surface area contributed by atoms with Gasteiger partial charge in [0, 0.05) is 6.54 Å². The summed E-state index contributed by atoms with van der Waals surface area (Å²) in [6, 6.07) is 8.32. The first kappa shape index (κ1) is 17.4. The summed E-state index contributed by atoms with van der Waals surface area (Å²) in [5.74, 6) is -0.459. The van der Waals surface area contributed by atoms with E-state index in [4.69, 9.17) is 4.74 Å². The quantitative estimate of drug-likeness (QED) is 0.862. The van der Waals surface area contributed by atoms with Crippen molar-refractivity contribution < 1.29 is 22.3 Å². The van der Waals surface area contributed by atoms with Crippen LogP contribution in [0.2, 0.25) is 0 Å². The van der Waals surface area contributed by atoms with Crippen LogP contribution in [-0.2, 0) is 14.6 Å². The maximum Gasteiger partial charge on any atom is 0.407 e. The van der Waals surface area contributed by atoms with Crippen molar-refractivity contribution in [1.82, 2.24) is 5.32 Å². The molecular formula is C15H16FNO4S2. The average Bonchev–Trinajstić information content (AvgIpc) is 3.04. The van der Waals surface area contributed by atoms with Crippen LogP contribution in [0.15, 0.2) is 46.0 Å². The number of alkyl carbamates (subject to hydrolysis) is 1. The molecule has 0 aliphatic carbocycles. The molecule has 2 rings (SSSR count). The molecule has 2 aromatic rings. The van der Waals surface area contributed by atoms with E-state index in [1.54, 1.807) is 18.4 Å². The van der Waals surface area contributed by atoms with Gasteiger partial charge < -0.3 is 10.1 Å². The highest BCUT2D eigenvalue weighted by atomic mass is 32.2. The van der Waals surface area contributed by atoms with Gasteiger partial charge in [-0.2, -0.15) is 0 Å². The number of hydrogen-bond donors (Lipinski definition) is 1. The number of thiophene rings is 1. The third-order valence-electron chi connectivity index (χ3n) is 3.10. The number of amides is 1. The lowest BCUT2D eigenvalue weighted by Crippen LogP contribution is -2.32. The molecule has 1 heterocycles. The summed E-state index contributed by atoms with van der Waals surface area (Å²) in [5, 5.41) is 3.07. The fraction of sp³-hybridized carbons (Fsp3) is 0.267. The van der Waals surface area contributed by atoms with Gasteiger partial charge in [-0.05, 0) is 36.1 Å². The highest BCUT2D eigenvalue weighted by Crippen LogP contribution is 2.31. The van der Waals surface area contributed by atoms with Crippen molar-refractivity contribution in [2.75, 3.05) is 13.2 Å². The first-order valence-corrected chi connectivity index (χ1v) is 9.31. The Kier molecular flexibility index (Phi) is 5.73. The predicted octanol–water partition coefficient (Wildman–Crippen LogP) is 3.15. The Morgan fingerprint density at radius 3 is 2.57 bits per heavy atom. The van der Waals surface area contributed by atoms with Crippen LogP contribution in [0, 0.1) is 5.82 Å². The summed E-state index contributed by atoms with van der Waals surface area (Å²) >= 11 is 1.09. The van der Waals surface area contributed by atoms with Crippen molar-refractivity contribution in [3.05, 3.63) is 53.2 Å². The Morgan fingerprint density at radius 2 is 2.00 bits per heavy atom. The average molecular weight is 357 g/mol. The molecule has 0 fully saturated rings. The molecule has 0 aliphatic rings. The van der Waals surface area contributed by atoms with Gasteiger partial charge in [0.1, 0.15) is 15.3 Å². The smallest absolute Gasteiger partial charge is 0.407 e. The standard InChI is InChI=1S/C15H16FNO4S2/c1-2-21-15(18)17-10-13(11-5-7-12(16)8-6-11)23(19,20)14-4-3-9-22-14/h3-9,13H,2,10H2,1H3,(H,17,18). The normalized spacial score (nSPS) is 12.6. The molecule has 1 unspecified atom stereocenters. The molecule has 5 nitrogen and oxygen atoms in total. The highest BCUT2D eigenvalue weighted by molar-refractivity contribution is 7.93. The number of carbonyl (C=O) groups is 1. The SMILES string of the molecule is CCOC(=O)NCC(c1ccc(F)cc1)S(=O)(=O)c1cccs1. The first-order chi connectivity index (χ1) is 10.9. The van der Waals surface area contributed by atoms with Crippen LogP contribution in [0.25, 0.3) is 0 Å². The van der Waals surface area contributed by atoms with E-state index in [9.17, 15) is 17.6 Å². The fourth-order valence-corrected chi connectivity index (χ4v) is 4.87. The number of carbonyl (C=O) groups excluding carboxylic acids is 1. The first-order valence-electron chi connectivity index (χ1n) is 6.88. The van der Waals surface area contributed by atoms with Crippen LogP contribution in [0.5, 0.6) is 0 Å².